The maximum Gasteiger partial charge on any atom is 0.267 e. The lowest BCUT2D eigenvalue weighted by Gasteiger charge is -2.16. The second kappa shape index (κ2) is 9.76. The average molecular weight is 481 g/mol. The number of hydrogen-bond donors (Lipinski definition) is 1. The van der Waals surface area contributed by atoms with Gasteiger partial charge in [-0.25, -0.2) is 4.98 Å². The minimum atomic E-state index is -0.257. The van der Waals surface area contributed by atoms with Crippen LogP contribution in [0.15, 0.2) is 58.4 Å². The largest absolute Gasteiger partial charge is 0.497 e. The van der Waals surface area contributed by atoms with Gasteiger partial charge in [-0.05, 0) is 41.8 Å². The summed E-state index contributed by atoms with van der Waals surface area (Å²) in [6.07, 6.45) is 3.27. The number of carbonyl (C=O) groups excluding carboxylic acids is 1. The van der Waals surface area contributed by atoms with Crippen LogP contribution >= 0.6 is 24.0 Å². The monoisotopic (exact) mass is 480 g/mol. The Morgan fingerprint density at radius 2 is 1.94 bits per heavy atom. The molecule has 7 nitrogen and oxygen atoms in total. The SMILES string of the molecule is COc1ccc(CNc2nc3ccccn3c(=O)c2C=C2SC(=S)N(CC(C)C)C2=O)cc1. The average Bonchev–Trinajstić information content (AvgIpc) is 3.07. The van der Waals surface area contributed by atoms with Crippen LogP contribution < -0.4 is 15.6 Å². The van der Waals surface area contributed by atoms with Gasteiger partial charge in [0.2, 0.25) is 0 Å². The second-order valence-electron chi connectivity index (χ2n) is 8.00. The molecule has 0 radical (unpaired) electrons. The van der Waals surface area contributed by atoms with E-state index in [-0.39, 0.29) is 17.4 Å². The number of pyridine rings is 1. The highest BCUT2D eigenvalue weighted by Gasteiger charge is 2.32. The third-order valence-electron chi connectivity index (χ3n) is 5.08. The Morgan fingerprint density at radius 1 is 1.18 bits per heavy atom. The van der Waals surface area contributed by atoms with Crippen molar-refractivity contribution in [1.82, 2.24) is 14.3 Å². The van der Waals surface area contributed by atoms with Gasteiger partial charge in [0.1, 0.15) is 21.5 Å². The van der Waals surface area contributed by atoms with Crippen LogP contribution in [0.5, 0.6) is 5.75 Å². The van der Waals surface area contributed by atoms with Crippen LogP contribution in [0.1, 0.15) is 25.0 Å². The van der Waals surface area contributed by atoms with Crippen LogP contribution in [0.3, 0.4) is 0 Å². The first-order chi connectivity index (χ1) is 15.9. The fraction of sp³-hybridized carbons (Fsp3) is 0.250. The molecule has 3 aromatic rings. The van der Waals surface area contributed by atoms with Gasteiger partial charge in [-0.15, -0.1) is 0 Å². The van der Waals surface area contributed by atoms with E-state index in [9.17, 15) is 9.59 Å². The molecule has 1 aliphatic rings. The Morgan fingerprint density at radius 3 is 2.64 bits per heavy atom. The first-order valence-corrected chi connectivity index (χ1v) is 11.7. The number of methoxy groups -OCH3 is 1. The van der Waals surface area contributed by atoms with Crippen LogP contribution in [-0.4, -0.2) is 38.2 Å². The van der Waals surface area contributed by atoms with Crippen molar-refractivity contribution in [3.63, 3.8) is 0 Å². The molecular formula is C24H24N4O3S2. The summed E-state index contributed by atoms with van der Waals surface area (Å²) in [6.45, 7) is 5.06. The summed E-state index contributed by atoms with van der Waals surface area (Å²) < 4.78 is 7.18. The number of benzene rings is 1. The Hall–Kier alpha value is -3.17. The number of amides is 1. The van der Waals surface area contributed by atoms with E-state index >= 15 is 0 Å². The first kappa shape index (κ1) is 23.0. The molecule has 1 aliphatic heterocycles. The summed E-state index contributed by atoms with van der Waals surface area (Å²) >= 11 is 6.62. The quantitative estimate of drug-likeness (QED) is 0.402. The number of fused-ring (bicyclic) bond motifs is 1. The van der Waals surface area contributed by atoms with E-state index in [1.165, 1.54) is 16.2 Å². The van der Waals surface area contributed by atoms with Crippen LogP contribution in [0, 0.1) is 5.92 Å². The van der Waals surface area contributed by atoms with Gasteiger partial charge in [0.25, 0.3) is 11.5 Å². The predicted octanol–water partition coefficient (Wildman–Crippen LogP) is 4.17. The van der Waals surface area contributed by atoms with Crippen LogP contribution in [-0.2, 0) is 11.3 Å². The molecule has 0 spiro atoms. The summed E-state index contributed by atoms with van der Waals surface area (Å²) in [4.78, 5) is 33.0. The lowest BCUT2D eigenvalue weighted by atomic mass is 10.2. The van der Waals surface area contributed by atoms with Crippen LogP contribution in [0.2, 0.25) is 0 Å². The number of anilines is 1. The van der Waals surface area contributed by atoms with E-state index in [1.54, 1.807) is 36.4 Å². The van der Waals surface area contributed by atoms with Gasteiger partial charge in [-0.2, -0.15) is 0 Å². The Kier molecular flexibility index (Phi) is 6.80. The zero-order valence-corrected chi connectivity index (χ0v) is 20.2. The van der Waals surface area contributed by atoms with Crippen molar-refractivity contribution in [3.05, 3.63) is 75.0 Å². The van der Waals surface area contributed by atoms with Gasteiger partial charge in [0.15, 0.2) is 0 Å². The van der Waals surface area contributed by atoms with E-state index in [4.69, 9.17) is 17.0 Å². The van der Waals surface area contributed by atoms with Crippen molar-refractivity contribution in [3.8, 4) is 5.75 Å². The van der Waals surface area contributed by atoms with Crippen molar-refractivity contribution < 1.29 is 9.53 Å². The molecule has 1 fully saturated rings. The lowest BCUT2D eigenvalue weighted by molar-refractivity contribution is -0.122. The maximum absolute atomic E-state index is 13.3. The van der Waals surface area contributed by atoms with Gasteiger partial charge in [0.05, 0.1) is 17.6 Å². The number of ether oxygens (including phenoxy) is 1. The predicted molar refractivity (Wildman–Crippen MR) is 136 cm³/mol. The minimum Gasteiger partial charge on any atom is -0.497 e. The fourth-order valence-electron chi connectivity index (χ4n) is 3.45. The van der Waals surface area contributed by atoms with Crippen molar-refractivity contribution in [2.75, 3.05) is 19.0 Å². The first-order valence-electron chi connectivity index (χ1n) is 10.5. The highest BCUT2D eigenvalue weighted by Crippen LogP contribution is 2.33. The van der Waals surface area contributed by atoms with Gasteiger partial charge >= 0.3 is 0 Å². The Balaban J connectivity index is 1.72. The fourth-order valence-corrected chi connectivity index (χ4v) is 4.71. The summed E-state index contributed by atoms with van der Waals surface area (Å²) in [5.41, 5.74) is 1.58. The molecule has 9 heteroatoms. The summed E-state index contributed by atoms with van der Waals surface area (Å²) in [6, 6.07) is 13.0. The zero-order valence-electron chi connectivity index (χ0n) is 18.6. The highest BCUT2D eigenvalue weighted by atomic mass is 32.2. The smallest absolute Gasteiger partial charge is 0.267 e. The number of thioether (sulfide) groups is 1. The number of hydrogen-bond acceptors (Lipinski definition) is 7. The van der Waals surface area contributed by atoms with E-state index in [1.807, 2.05) is 44.2 Å². The van der Waals surface area contributed by atoms with Crippen molar-refractivity contribution in [1.29, 1.82) is 0 Å². The molecule has 1 N–H and O–H groups in total. The van der Waals surface area contributed by atoms with Gasteiger partial charge < -0.3 is 10.1 Å². The summed E-state index contributed by atoms with van der Waals surface area (Å²) in [5, 5.41) is 3.27. The number of aromatic nitrogens is 2. The number of nitrogens with one attached hydrogen (secondary N) is 1. The highest BCUT2D eigenvalue weighted by molar-refractivity contribution is 8.26. The standard InChI is InChI=1S/C24H24N4O3S2/c1-15(2)14-28-23(30)19(33-24(28)32)12-18-21(25-13-16-7-9-17(31-3)10-8-16)26-20-6-4-5-11-27(20)22(18)29/h4-12,15,25H,13-14H2,1-3H3. The number of thiocarbonyl (C=S) groups is 1. The molecule has 0 aliphatic carbocycles. The molecule has 0 unspecified atom stereocenters. The molecule has 0 bridgehead atoms. The Bertz CT molecular complexity index is 1300. The maximum atomic E-state index is 13.3. The number of nitrogens with zero attached hydrogens (tertiary/aromatic N) is 3. The molecule has 170 valence electrons. The van der Waals surface area contributed by atoms with E-state index in [0.29, 0.717) is 39.3 Å². The van der Waals surface area contributed by atoms with E-state index in [2.05, 4.69) is 10.3 Å². The van der Waals surface area contributed by atoms with Gasteiger partial charge in [0, 0.05) is 19.3 Å². The molecule has 2 aromatic heterocycles. The molecular weight excluding hydrogens is 456 g/mol. The van der Waals surface area contributed by atoms with Gasteiger partial charge in [-0.1, -0.05) is 56.0 Å². The molecule has 0 saturated carbocycles. The topological polar surface area (TPSA) is 75.9 Å². The van der Waals surface area contributed by atoms with E-state index in [0.717, 1.165) is 11.3 Å². The molecule has 33 heavy (non-hydrogen) atoms. The molecule has 1 saturated heterocycles. The summed E-state index contributed by atoms with van der Waals surface area (Å²) in [5.74, 6) is 1.28. The number of carbonyl (C=O) groups is 1. The second-order valence-corrected chi connectivity index (χ2v) is 9.67. The molecule has 0 atom stereocenters. The molecule has 4 rings (SSSR count). The zero-order chi connectivity index (χ0) is 23.5. The Labute approximate surface area is 201 Å². The number of rotatable bonds is 7. The third kappa shape index (κ3) is 4.94. The molecule has 1 aromatic carbocycles. The van der Waals surface area contributed by atoms with Crippen LogP contribution in [0.25, 0.3) is 11.7 Å². The van der Waals surface area contributed by atoms with Gasteiger partial charge in [-0.3, -0.25) is 18.9 Å². The van der Waals surface area contributed by atoms with Crippen molar-refractivity contribution >= 4 is 51.7 Å². The van der Waals surface area contributed by atoms with Crippen LogP contribution in [0.4, 0.5) is 5.82 Å². The molecule has 3 heterocycles. The normalized spacial score (nSPS) is 15.2. The molecule has 1 amide bonds. The van der Waals surface area contributed by atoms with Crippen molar-refractivity contribution in [2.24, 2.45) is 5.92 Å². The lowest BCUT2D eigenvalue weighted by Crippen LogP contribution is -2.31. The van der Waals surface area contributed by atoms with E-state index < -0.39 is 0 Å². The van der Waals surface area contributed by atoms with Crippen molar-refractivity contribution in [2.45, 2.75) is 20.4 Å². The minimum absolute atomic E-state index is 0.183. The third-order valence-corrected chi connectivity index (χ3v) is 6.46. The summed E-state index contributed by atoms with van der Waals surface area (Å²) in [7, 11) is 1.62.